The normalized spacial score (nSPS) is 20.7. The van der Waals surface area contributed by atoms with Crippen LogP contribution in [0.25, 0.3) is 0 Å². The fourth-order valence-corrected chi connectivity index (χ4v) is 3.14. The fourth-order valence-electron chi connectivity index (χ4n) is 3.14. The van der Waals surface area contributed by atoms with Crippen molar-refractivity contribution in [1.29, 1.82) is 0 Å². The fraction of sp³-hybridized carbons (Fsp3) is 0.579. The average molecular weight is 288 g/mol. The molecule has 0 radical (unpaired) electrons. The van der Waals surface area contributed by atoms with Crippen molar-refractivity contribution in [2.24, 2.45) is 0 Å². The number of fused-ring (bicyclic) bond motifs is 1. The highest BCUT2D eigenvalue weighted by atomic mass is 16.5. The molecule has 0 amide bonds. The van der Waals surface area contributed by atoms with Crippen molar-refractivity contribution >= 4 is 0 Å². The maximum Gasteiger partial charge on any atom is 0.127 e. The molecular formula is C19H28O2. The number of rotatable bonds is 3. The third-order valence-electron chi connectivity index (χ3n) is 4.82. The van der Waals surface area contributed by atoms with Crippen LogP contribution in [0.4, 0.5) is 0 Å². The molecule has 0 bridgehead atoms. The lowest BCUT2D eigenvalue weighted by Crippen LogP contribution is -2.37. The summed E-state index contributed by atoms with van der Waals surface area (Å²) in [5.41, 5.74) is 5.47. The quantitative estimate of drug-likeness (QED) is 0.780. The van der Waals surface area contributed by atoms with E-state index in [9.17, 15) is 5.11 Å². The number of hydrogen-bond acceptors (Lipinski definition) is 2. The van der Waals surface area contributed by atoms with E-state index in [4.69, 9.17) is 4.74 Å². The molecule has 2 rings (SSSR count). The highest BCUT2D eigenvalue weighted by molar-refractivity contribution is 5.58. The monoisotopic (exact) mass is 288 g/mol. The van der Waals surface area contributed by atoms with E-state index >= 15 is 0 Å². The van der Waals surface area contributed by atoms with Crippen LogP contribution in [0.15, 0.2) is 11.6 Å². The van der Waals surface area contributed by atoms with Gasteiger partial charge < -0.3 is 9.84 Å². The van der Waals surface area contributed by atoms with Crippen LogP contribution >= 0.6 is 0 Å². The maximum atomic E-state index is 10.2. The van der Waals surface area contributed by atoms with Gasteiger partial charge in [0.1, 0.15) is 17.1 Å². The molecule has 1 atom stereocenters. The van der Waals surface area contributed by atoms with Crippen molar-refractivity contribution < 1.29 is 9.84 Å². The van der Waals surface area contributed by atoms with E-state index in [-0.39, 0.29) is 5.60 Å². The van der Waals surface area contributed by atoms with Gasteiger partial charge in [-0.1, -0.05) is 11.6 Å². The van der Waals surface area contributed by atoms with Gasteiger partial charge in [0, 0.05) is 5.56 Å². The van der Waals surface area contributed by atoms with E-state index in [0.29, 0.717) is 5.75 Å². The molecule has 0 aromatic heterocycles. The lowest BCUT2D eigenvalue weighted by atomic mass is 9.85. The Morgan fingerprint density at radius 3 is 2.48 bits per heavy atom. The minimum absolute atomic E-state index is 0.0977. The van der Waals surface area contributed by atoms with E-state index in [1.54, 1.807) is 0 Å². The largest absolute Gasteiger partial charge is 0.507 e. The second kappa shape index (κ2) is 5.75. The van der Waals surface area contributed by atoms with Crippen molar-refractivity contribution in [3.05, 3.63) is 33.9 Å². The number of phenols is 1. The Bertz CT molecular complexity index is 580. The van der Waals surface area contributed by atoms with E-state index in [0.717, 1.165) is 48.1 Å². The molecule has 0 saturated carbocycles. The number of aromatic hydroxyl groups is 1. The molecule has 0 spiro atoms. The highest BCUT2D eigenvalue weighted by Gasteiger charge is 2.33. The van der Waals surface area contributed by atoms with Gasteiger partial charge >= 0.3 is 0 Å². The number of hydrogen-bond donors (Lipinski definition) is 1. The lowest BCUT2D eigenvalue weighted by Gasteiger charge is -2.38. The van der Waals surface area contributed by atoms with Crippen LogP contribution in [-0.4, -0.2) is 10.7 Å². The molecule has 116 valence electrons. The van der Waals surface area contributed by atoms with Crippen LogP contribution in [0.3, 0.4) is 0 Å². The lowest BCUT2D eigenvalue weighted by molar-refractivity contribution is 0.0558. The summed E-state index contributed by atoms with van der Waals surface area (Å²) in [4.78, 5) is 0. The van der Waals surface area contributed by atoms with Crippen LogP contribution in [0.5, 0.6) is 11.5 Å². The second-order valence-electron chi connectivity index (χ2n) is 6.90. The molecule has 0 saturated heterocycles. The second-order valence-corrected chi connectivity index (χ2v) is 6.90. The van der Waals surface area contributed by atoms with Crippen LogP contribution in [-0.2, 0) is 6.42 Å². The Labute approximate surface area is 128 Å². The van der Waals surface area contributed by atoms with Gasteiger partial charge in [0.15, 0.2) is 0 Å². The first-order chi connectivity index (χ1) is 9.75. The molecule has 1 aliphatic rings. The summed E-state index contributed by atoms with van der Waals surface area (Å²) in [6.07, 6.45) is 6.38. The zero-order valence-electron chi connectivity index (χ0n) is 14.3. The van der Waals surface area contributed by atoms with Crippen molar-refractivity contribution in [3.8, 4) is 11.5 Å². The molecular weight excluding hydrogens is 260 g/mol. The van der Waals surface area contributed by atoms with Gasteiger partial charge in [0.2, 0.25) is 0 Å². The van der Waals surface area contributed by atoms with Crippen molar-refractivity contribution in [3.63, 3.8) is 0 Å². The first kappa shape index (κ1) is 15.9. The topological polar surface area (TPSA) is 29.5 Å². The van der Waals surface area contributed by atoms with Gasteiger partial charge in [0.05, 0.1) is 0 Å². The number of ether oxygens (including phenoxy) is 1. The Kier molecular flexibility index (Phi) is 4.36. The smallest absolute Gasteiger partial charge is 0.127 e. The third-order valence-corrected chi connectivity index (χ3v) is 4.82. The predicted molar refractivity (Wildman–Crippen MR) is 88.3 cm³/mol. The molecule has 1 aromatic carbocycles. The Hall–Kier alpha value is -1.44. The van der Waals surface area contributed by atoms with E-state index in [1.165, 1.54) is 11.1 Å². The van der Waals surface area contributed by atoms with Crippen LogP contribution in [0.2, 0.25) is 0 Å². The van der Waals surface area contributed by atoms with Crippen molar-refractivity contribution in [2.45, 2.75) is 72.8 Å². The SMILES string of the molecule is CC(C)=CCCC1(C)CCc2c(C)c(O)c(C)c(C)c2O1. The summed E-state index contributed by atoms with van der Waals surface area (Å²) in [6, 6.07) is 0. The van der Waals surface area contributed by atoms with Crippen molar-refractivity contribution in [2.75, 3.05) is 0 Å². The predicted octanol–water partition coefficient (Wildman–Crippen LogP) is 5.15. The van der Waals surface area contributed by atoms with Crippen LogP contribution in [0.1, 0.15) is 62.3 Å². The number of allylic oxidation sites excluding steroid dienone is 2. The molecule has 1 aromatic rings. The summed E-state index contributed by atoms with van der Waals surface area (Å²) in [5, 5.41) is 10.2. The Morgan fingerprint density at radius 1 is 1.19 bits per heavy atom. The van der Waals surface area contributed by atoms with Crippen LogP contribution in [0, 0.1) is 20.8 Å². The molecule has 0 aliphatic carbocycles. The molecule has 1 unspecified atom stereocenters. The first-order valence-electron chi connectivity index (χ1n) is 7.89. The molecule has 1 heterocycles. The molecule has 0 fully saturated rings. The average Bonchev–Trinajstić information content (AvgIpc) is 2.42. The van der Waals surface area contributed by atoms with Gasteiger partial charge in [-0.2, -0.15) is 0 Å². The zero-order valence-corrected chi connectivity index (χ0v) is 14.3. The van der Waals surface area contributed by atoms with Crippen LogP contribution < -0.4 is 4.74 Å². The summed E-state index contributed by atoms with van der Waals surface area (Å²) in [6.45, 7) is 12.5. The molecule has 2 nitrogen and oxygen atoms in total. The first-order valence-corrected chi connectivity index (χ1v) is 7.89. The van der Waals surface area contributed by atoms with Gasteiger partial charge in [-0.3, -0.25) is 0 Å². The van der Waals surface area contributed by atoms with Gasteiger partial charge in [-0.25, -0.2) is 0 Å². The standard InChI is InChI=1S/C19H28O2/c1-12(2)8-7-10-19(6)11-9-16-15(5)17(20)13(3)14(4)18(16)21-19/h8,20H,7,9-11H2,1-6H3. The molecule has 1 aliphatic heterocycles. The third kappa shape index (κ3) is 3.09. The number of benzene rings is 1. The van der Waals surface area contributed by atoms with Gasteiger partial charge in [-0.15, -0.1) is 0 Å². The summed E-state index contributed by atoms with van der Waals surface area (Å²) in [5.74, 6) is 1.44. The van der Waals surface area contributed by atoms with E-state index < -0.39 is 0 Å². The summed E-state index contributed by atoms with van der Waals surface area (Å²) >= 11 is 0. The molecule has 21 heavy (non-hydrogen) atoms. The van der Waals surface area contributed by atoms with E-state index in [2.05, 4.69) is 33.8 Å². The van der Waals surface area contributed by atoms with Gasteiger partial charge in [0.25, 0.3) is 0 Å². The Morgan fingerprint density at radius 2 is 1.86 bits per heavy atom. The van der Waals surface area contributed by atoms with Gasteiger partial charge in [-0.05, 0) is 83.9 Å². The highest BCUT2D eigenvalue weighted by Crippen LogP contribution is 2.44. The van der Waals surface area contributed by atoms with Crippen molar-refractivity contribution in [1.82, 2.24) is 0 Å². The van der Waals surface area contributed by atoms with E-state index in [1.807, 2.05) is 13.8 Å². The summed E-state index contributed by atoms with van der Waals surface area (Å²) < 4.78 is 6.41. The minimum atomic E-state index is -0.0977. The molecule has 2 heteroatoms. The molecule has 1 N–H and O–H groups in total. The maximum absolute atomic E-state index is 10.2. The number of phenolic OH excluding ortho intramolecular Hbond substituents is 1. The minimum Gasteiger partial charge on any atom is -0.507 e. The summed E-state index contributed by atoms with van der Waals surface area (Å²) in [7, 11) is 0. The zero-order chi connectivity index (χ0) is 15.8. The Balaban J connectivity index is 2.30.